The molecule has 0 aliphatic carbocycles. The van der Waals surface area contributed by atoms with Crippen LogP contribution >= 0.6 is 0 Å². The summed E-state index contributed by atoms with van der Waals surface area (Å²) in [5.74, 6) is 0.297. The van der Waals surface area contributed by atoms with Crippen molar-refractivity contribution in [1.29, 1.82) is 0 Å². The van der Waals surface area contributed by atoms with Crippen molar-refractivity contribution >= 4 is 29.3 Å². The highest BCUT2D eigenvalue weighted by atomic mass is 16.3. The predicted octanol–water partition coefficient (Wildman–Crippen LogP) is 2.70. The summed E-state index contributed by atoms with van der Waals surface area (Å²) in [5, 5.41) is 14.6. The number of benzene rings is 1. The Labute approximate surface area is 126 Å². The first-order valence-electron chi connectivity index (χ1n) is 6.91. The highest BCUT2D eigenvalue weighted by molar-refractivity contribution is 6.21. The van der Waals surface area contributed by atoms with E-state index in [0.29, 0.717) is 11.5 Å². The lowest BCUT2D eigenvalue weighted by atomic mass is 10.1. The first-order valence-corrected chi connectivity index (χ1v) is 6.91. The highest BCUT2D eigenvalue weighted by Gasteiger charge is 2.17. The molecule has 108 valence electrons. The van der Waals surface area contributed by atoms with Crippen molar-refractivity contribution in [1.82, 2.24) is 19.6 Å². The standard InChI is InChI=1S/C16H13N5O/c1-9-10(2)20-21-14(15(22)19-16(21)18-9)7-11-8-17-13-6-4-3-5-12(11)13/h3-8,22H,1-2H3. The monoisotopic (exact) mass is 291 g/mol. The van der Waals surface area contributed by atoms with Crippen LogP contribution in [0.15, 0.2) is 29.3 Å². The predicted molar refractivity (Wildman–Crippen MR) is 84.4 cm³/mol. The van der Waals surface area contributed by atoms with Gasteiger partial charge >= 0.3 is 0 Å². The SMILES string of the molecule is Cc1nc2nc(O)c(C=C3C=Nc4ccccc43)n2nc1C. The van der Waals surface area contributed by atoms with Crippen LogP contribution in [-0.2, 0) is 0 Å². The molecular weight excluding hydrogens is 278 g/mol. The van der Waals surface area contributed by atoms with E-state index in [1.54, 1.807) is 10.7 Å². The maximum absolute atomic E-state index is 10.1. The number of allylic oxidation sites excluding steroid dienone is 1. The van der Waals surface area contributed by atoms with Crippen molar-refractivity contribution in [2.45, 2.75) is 13.8 Å². The average Bonchev–Trinajstić information content (AvgIpc) is 3.03. The van der Waals surface area contributed by atoms with E-state index in [1.807, 2.05) is 44.2 Å². The molecule has 0 saturated heterocycles. The lowest BCUT2D eigenvalue weighted by Gasteiger charge is -2.02. The van der Waals surface area contributed by atoms with Gasteiger partial charge in [-0.15, -0.1) is 0 Å². The molecule has 0 atom stereocenters. The van der Waals surface area contributed by atoms with Gasteiger partial charge in [0.15, 0.2) is 0 Å². The number of rotatable bonds is 1. The summed E-state index contributed by atoms with van der Waals surface area (Å²) < 4.78 is 1.56. The Morgan fingerprint density at radius 2 is 1.91 bits per heavy atom. The van der Waals surface area contributed by atoms with Gasteiger partial charge in [0, 0.05) is 17.4 Å². The number of aromatic hydroxyl groups is 1. The van der Waals surface area contributed by atoms with E-state index in [1.165, 1.54) is 0 Å². The van der Waals surface area contributed by atoms with E-state index >= 15 is 0 Å². The Hall–Kier alpha value is -3.02. The summed E-state index contributed by atoms with van der Waals surface area (Å²) in [6.45, 7) is 3.74. The molecule has 1 aliphatic rings. The van der Waals surface area contributed by atoms with Crippen LogP contribution in [-0.4, -0.2) is 30.9 Å². The number of aryl methyl sites for hydroxylation is 2. The number of hydrogen-bond acceptors (Lipinski definition) is 5. The lowest BCUT2D eigenvalue weighted by Crippen LogP contribution is -2.02. The van der Waals surface area contributed by atoms with Crippen LogP contribution in [0.2, 0.25) is 0 Å². The zero-order chi connectivity index (χ0) is 15.3. The van der Waals surface area contributed by atoms with Crippen LogP contribution in [0.3, 0.4) is 0 Å². The largest absolute Gasteiger partial charge is 0.492 e. The van der Waals surface area contributed by atoms with Gasteiger partial charge in [0.25, 0.3) is 5.78 Å². The van der Waals surface area contributed by atoms with Crippen LogP contribution in [0.1, 0.15) is 22.6 Å². The Balaban J connectivity index is 1.93. The van der Waals surface area contributed by atoms with Crippen LogP contribution in [0.4, 0.5) is 5.69 Å². The van der Waals surface area contributed by atoms with Gasteiger partial charge in [-0.05, 0) is 26.0 Å². The minimum Gasteiger partial charge on any atom is -0.492 e. The number of aliphatic imine (C=N–C) groups is 1. The fraction of sp³-hybridized carbons (Fsp3) is 0.125. The van der Waals surface area contributed by atoms with Gasteiger partial charge in [0.2, 0.25) is 5.88 Å². The smallest absolute Gasteiger partial charge is 0.254 e. The molecule has 0 amide bonds. The van der Waals surface area contributed by atoms with Crippen LogP contribution in [0.5, 0.6) is 5.88 Å². The Morgan fingerprint density at radius 3 is 2.77 bits per heavy atom. The number of hydrogen-bond donors (Lipinski definition) is 1. The molecule has 1 N–H and O–H groups in total. The van der Waals surface area contributed by atoms with Crippen LogP contribution in [0, 0.1) is 13.8 Å². The molecule has 0 fully saturated rings. The van der Waals surface area contributed by atoms with Crippen molar-refractivity contribution in [2.75, 3.05) is 0 Å². The summed E-state index contributed by atoms with van der Waals surface area (Å²) >= 11 is 0. The van der Waals surface area contributed by atoms with Gasteiger partial charge in [-0.2, -0.15) is 14.6 Å². The zero-order valence-corrected chi connectivity index (χ0v) is 12.1. The summed E-state index contributed by atoms with van der Waals surface area (Å²) in [6.07, 6.45) is 3.60. The van der Waals surface area contributed by atoms with Gasteiger partial charge in [0.05, 0.1) is 17.1 Å². The fourth-order valence-corrected chi connectivity index (χ4v) is 2.45. The summed E-state index contributed by atoms with van der Waals surface area (Å²) in [4.78, 5) is 12.8. The van der Waals surface area contributed by atoms with E-state index in [0.717, 1.165) is 28.2 Å². The van der Waals surface area contributed by atoms with Crippen molar-refractivity contribution in [2.24, 2.45) is 4.99 Å². The molecule has 0 spiro atoms. The fourth-order valence-electron chi connectivity index (χ4n) is 2.45. The molecule has 6 nitrogen and oxygen atoms in total. The summed E-state index contributed by atoms with van der Waals surface area (Å²) in [5.41, 5.74) is 4.94. The quantitative estimate of drug-likeness (QED) is 0.748. The molecule has 1 aliphatic heterocycles. The van der Waals surface area contributed by atoms with E-state index < -0.39 is 0 Å². The maximum Gasteiger partial charge on any atom is 0.254 e. The van der Waals surface area contributed by atoms with Gasteiger partial charge < -0.3 is 5.11 Å². The number of aromatic nitrogens is 4. The first kappa shape index (κ1) is 12.7. The maximum atomic E-state index is 10.1. The van der Waals surface area contributed by atoms with Gasteiger partial charge in [-0.1, -0.05) is 18.2 Å². The number of nitrogens with zero attached hydrogens (tertiary/aromatic N) is 5. The normalized spacial score (nSPS) is 14.9. The number of para-hydroxylation sites is 1. The first-order chi connectivity index (χ1) is 10.6. The molecule has 0 unspecified atom stereocenters. The molecule has 6 heteroatoms. The molecule has 0 saturated carbocycles. The molecule has 4 rings (SSSR count). The summed E-state index contributed by atoms with van der Waals surface area (Å²) in [7, 11) is 0. The Kier molecular flexibility index (Phi) is 2.59. The van der Waals surface area contributed by atoms with Crippen LogP contribution in [0.25, 0.3) is 17.4 Å². The molecule has 3 heterocycles. The van der Waals surface area contributed by atoms with E-state index in [-0.39, 0.29) is 5.88 Å². The van der Waals surface area contributed by atoms with Gasteiger partial charge in [-0.25, -0.2) is 4.98 Å². The third-order valence-corrected chi connectivity index (χ3v) is 3.74. The number of fused-ring (bicyclic) bond motifs is 2. The molecule has 0 radical (unpaired) electrons. The van der Waals surface area contributed by atoms with Crippen molar-refractivity contribution < 1.29 is 5.11 Å². The lowest BCUT2D eigenvalue weighted by molar-refractivity contribution is 0.455. The van der Waals surface area contributed by atoms with E-state index in [4.69, 9.17) is 0 Å². The van der Waals surface area contributed by atoms with Gasteiger partial charge in [-0.3, -0.25) is 4.99 Å². The zero-order valence-electron chi connectivity index (χ0n) is 12.1. The highest BCUT2D eigenvalue weighted by Crippen LogP contribution is 2.33. The molecular formula is C16H13N5O. The molecule has 1 aromatic carbocycles. The second-order valence-electron chi connectivity index (χ2n) is 5.19. The summed E-state index contributed by atoms with van der Waals surface area (Å²) in [6, 6.07) is 7.86. The Bertz CT molecular complexity index is 968. The van der Waals surface area contributed by atoms with Gasteiger partial charge in [0.1, 0.15) is 5.69 Å². The molecule has 2 aromatic heterocycles. The topological polar surface area (TPSA) is 75.7 Å². The van der Waals surface area contributed by atoms with Crippen molar-refractivity contribution in [3.05, 3.63) is 46.9 Å². The molecule has 22 heavy (non-hydrogen) atoms. The second-order valence-corrected chi connectivity index (χ2v) is 5.19. The van der Waals surface area contributed by atoms with E-state index in [9.17, 15) is 5.11 Å². The van der Waals surface area contributed by atoms with Crippen molar-refractivity contribution in [3.8, 4) is 5.88 Å². The minimum atomic E-state index is -0.0877. The van der Waals surface area contributed by atoms with E-state index in [2.05, 4.69) is 20.1 Å². The third-order valence-electron chi connectivity index (χ3n) is 3.74. The number of imidazole rings is 1. The molecule has 0 bridgehead atoms. The Morgan fingerprint density at radius 1 is 1.09 bits per heavy atom. The third kappa shape index (κ3) is 1.81. The second kappa shape index (κ2) is 4.49. The van der Waals surface area contributed by atoms with Crippen LogP contribution < -0.4 is 0 Å². The minimum absolute atomic E-state index is 0.0877. The average molecular weight is 291 g/mol. The van der Waals surface area contributed by atoms with Crippen molar-refractivity contribution in [3.63, 3.8) is 0 Å². The molecule has 3 aromatic rings.